The zero-order chi connectivity index (χ0) is 18.5. The quantitative estimate of drug-likeness (QED) is 0.511. The van der Waals surface area contributed by atoms with E-state index in [1.54, 1.807) is 30.6 Å². The molecule has 9 heteroatoms. The first-order valence-corrected chi connectivity index (χ1v) is 7.66. The van der Waals surface area contributed by atoms with Crippen molar-refractivity contribution in [1.29, 1.82) is 0 Å². The highest BCUT2D eigenvalue weighted by molar-refractivity contribution is 5.78. The number of hydrogen-bond donors (Lipinski definition) is 2. The molecule has 0 unspecified atom stereocenters. The average molecular weight is 352 g/mol. The van der Waals surface area contributed by atoms with Crippen LogP contribution in [0.15, 0.2) is 49.1 Å². The molecule has 2 aromatic heterocycles. The summed E-state index contributed by atoms with van der Waals surface area (Å²) < 4.78 is 5.30. The van der Waals surface area contributed by atoms with Gasteiger partial charge in [-0.25, -0.2) is 9.97 Å². The van der Waals surface area contributed by atoms with E-state index in [1.807, 2.05) is 19.1 Å². The molecule has 0 saturated carbocycles. The van der Waals surface area contributed by atoms with E-state index in [0.717, 1.165) is 5.56 Å². The molecule has 0 amide bonds. The molecule has 0 saturated heterocycles. The number of nitrogens with zero attached hydrogens (tertiary/aromatic N) is 4. The van der Waals surface area contributed by atoms with Gasteiger partial charge in [-0.1, -0.05) is 6.07 Å². The third-order valence-corrected chi connectivity index (χ3v) is 3.54. The first-order valence-electron chi connectivity index (χ1n) is 7.66. The highest BCUT2D eigenvalue weighted by Crippen LogP contribution is 2.35. The average Bonchev–Trinajstić information content (AvgIpc) is 2.63. The van der Waals surface area contributed by atoms with Crippen molar-refractivity contribution in [1.82, 2.24) is 15.0 Å². The number of anilines is 4. The van der Waals surface area contributed by atoms with Crippen molar-refractivity contribution in [2.24, 2.45) is 0 Å². The molecule has 0 radical (unpaired) electrons. The van der Waals surface area contributed by atoms with Crippen molar-refractivity contribution in [3.63, 3.8) is 0 Å². The molecule has 3 aromatic rings. The zero-order valence-electron chi connectivity index (χ0n) is 14.1. The Morgan fingerprint density at radius 2 is 1.92 bits per heavy atom. The number of pyridine rings is 1. The van der Waals surface area contributed by atoms with Crippen molar-refractivity contribution in [2.75, 3.05) is 17.7 Å². The zero-order valence-corrected chi connectivity index (χ0v) is 14.1. The van der Waals surface area contributed by atoms with Gasteiger partial charge in [-0.2, -0.15) is 0 Å². The predicted molar refractivity (Wildman–Crippen MR) is 97.2 cm³/mol. The van der Waals surface area contributed by atoms with Crippen LogP contribution in [-0.2, 0) is 0 Å². The lowest BCUT2D eigenvalue weighted by Crippen LogP contribution is -2.06. The number of methoxy groups -OCH3 is 1. The Balaban J connectivity index is 2.01. The summed E-state index contributed by atoms with van der Waals surface area (Å²) in [5.41, 5.74) is 1.84. The van der Waals surface area contributed by atoms with Gasteiger partial charge in [0.1, 0.15) is 12.1 Å². The van der Waals surface area contributed by atoms with Gasteiger partial charge in [0.05, 0.1) is 29.6 Å². The maximum atomic E-state index is 11.6. The molecule has 2 N–H and O–H groups in total. The summed E-state index contributed by atoms with van der Waals surface area (Å²) in [4.78, 5) is 23.1. The molecule has 1 aromatic carbocycles. The normalized spacial score (nSPS) is 10.2. The Bertz CT molecular complexity index is 933. The Kier molecular flexibility index (Phi) is 4.88. The summed E-state index contributed by atoms with van der Waals surface area (Å²) in [5, 5.41) is 17.5. The highest BCUT2D eigenvalue weighted by atomic mass is 16.6. The van der Waals surface area contributed by atoms with E-state index >= 15 is 0 Å². The molecule has 3 rings (SSSR count). The van der Waals surface area contributed by atoms with Crippen LogP contribution in [-0.4, -0.2) is 27.0 Å². The Hall–Kier alpha value is -3.75. The van der Waals surface area contributed by atoms with Crippen molar-refractivity contribution < 1.29 is 9.66 Å². The third-order valence-electron chi connectivity index (χ3n) is 3.54. The Labute approximate surface area is 149 Å². The molecule has 0 bridgehead atoms. The van der Waals surface area contributed by atoms with Gasteiger partial charge < -0.3 is 15.4 Å². The largest absolute Gasteiger partial charge is 0.495 e. The van der Waals surface area contributed by atoms with Gasteiger partial charge >= 0.3 is 5.69 Å². The van der Waals surface area contributed by atoms with E-state index in [9.17, 15) is 10.1 Å². The van der Waals surface area contributed by atoms with Gasteiger partial charge in [0.25, 0.3) is 0 Å². The highest BCUT2D eigenvalue weighted by Gasteiger charge is 2.24. The maximum Gasteiger partial charge on any atom is 0.353 e. The molecule has 0 fully saturated rings. The maximum absolute atomic E-state index is 11.6. The molecule has 0 atom stereocenters. The summed E-state index contributed by atoms with van der Waals surface area (Å²) in [5.74, 6) is 0.665. The van der Waals surface area contributed by atoms with E-state index in [0.29, 0.717) is 17.1 Å². The van der Waals surface area contributed by atoms with E-state index in [2.05, 4.69) is 25.6 Å². The minimum absolute atomic E-state index is 0.0558. The number of nitrogens with one attached hydrogen (secondary N) is 2. The van der Waals surface area contributed by atoms with Gasteiger partial charge in [-0.05, 0) is 36.8 Å². The van der Waals surface area contributed by atoms with Crippen molar-refractivity contribution in [2.45, 2.75) is 6.92 Å². The molecular formula is C17H16N6O3. The minimum Gasteiger partial charge on any atom is -0.495 e. The van der Waals surface area contributed by atoms with Crippen LogP contribution in [0.4, 0.5) is 28.7 Å². The predicted octanol–water partition coefficient (Wildman–Crippen LogP) is 3.58. The second-order valence-corrected chi connectivity index (χ2v) is 5.37. The number of aromatic nitrogens is 3. The van der Waals surface area contributed by atoms with Crippen molar-refractivity contribution in [3.8, 4) is 5.75 Å². The van der Waals surface area contributed by atoms with E-state index in [1.165, 1.54) is 13.4 Å². The number of aryl methyl sites for hydroxylation is 1. The summed E-state index contributed by atoms with van der Waals surface area (Å²) in [7, 11) is 1.53. The summed E-state index contributed by atoms with van der Waals surface area (Å²) in [6, 6.07) is 8.92. The molecule has 0 aliphatic heterocycles. The van der Waals surface area contributed by atoms with Crippen LogP contribution in [0.1, 0.15) is 5.56 Å². The van der Waals surface area contributed by atoms with Crippen LogP contribution in [0.2, 0.25) is 0 Å². The molecule has 0 aliphatic carbocycles. The number of nitro groups is 1. The lowest BCUT2D eigenvalue weighted by atomic mass is 10.2. The van der Waals surface area contributed by atoms with Gasteiger partial charge in [0, 0.05) is 6.20 Å². The van der Waals surface area contributed by atoms with Gasteiger partial charge in [-0.3, -0.25) is 15.1 Å². The van der Waals surface area contributed by atoms with Crippen LogP contribution in [0.25, 0.3) is 0 Å². The Morgan fingerprint density at radius 1 is 1.15 bits per heavy atom. The molecule has 0 aliphatic rings. The first-order chi connectivity index (χ1) is 12.6. The fourth-order valence-electron chi connectivity index (χ4n) is 2.36. The number of rotatable bonds is 6. The summed E-state index contributed by atoms with van der Waals surface area (Å²) >= 11 is 0. The molecular weight excluding hydrogens is 336 g/mol. The van der Waals surface area contributed by atoms with Crippen LogP contribution < -0.4 is 15.4 Å². The smallest absolute Gasteiger partial charge is 0.353 e. The minimum atomic E-state index is -0.538. The van der Waals surface area contributed by atoms with Crippen LogP contribution in [0.3, 0.4) is 0 Å². The lowest BCUT2D eigenvalue weighted by Gasteiger charge is -2.13. The summed E-state index contributed by atoms with van der Waals surface area (Å²) in [6.45, 7) is 1.91. The molecule has 26 heavy (non-hydrogen) atoms. The molecule has 0 spiro atoms. The number of hydrogen-bond acceptors (Lipinski definition) is 8. The second-order valence-electron chi connectivity index (χ2n) is 5.37. The monoisotopic (exact) mass is 352 g/mol. The fraction of sp³-hybridized carbons (Fsp3) is 0.118. The standard InChI is InChI=1S/C17H16N6O3/c1-11-5-6-14(26-2)13(8-11)22-17-15(23(24)25)16(19-10-20-17)21-12-4-3-7-18-9-12/h3-10H,1-2H3,(H2,19,20,21,22). The van der Waals surface area contributed by atoms with E-state index < -0.39 is 4.92 Å². The van der Waals surface area contributed by atoms with Gasteiger partial charge in [0.15, 0.2) is 0 Å². The fourth-order valence-corrected chi connectivity index (χ4v) is 2.36. The SMILES string of the molecule is COc1ccc(C)cc1Nc1ncnc(Nc2cccnc2)c1[N+](=O)[O-]. The van der Waals surface area contributed by atoms with Crippen LogP contribution in [0, 0.1) is 17.0 Å². The topological polar surface area (TPSA) is 115 Å². The molecule has 9 nitrogen and oxygen atoms in total. The van der Waals surface area contributed by atoms with Crippen molar-refractivity contribution in [3.05, 3.63) is 64.7 Å². The van der Waals surface area contributed by atoms with Crippen molar-refractivity contribution >= 4 is 28.7 Å². The number of ether oxygens (including phenoxy) is 1. The second kappa shape index (κ2) is 7.43. The van der Waals surface area contributed by atoms with Gasteiger partial charge in [-0.15, -0.1) is 0 Å². The van der Waals surface area contributed by atoms with Crippen LogP contribution >= 0.6 is 0 Å². The number of benzene rings is 1. The summed E-state index contributed by atoms with van der Waals surface area (Å²) in [6.07, 6.45) is 4.40. The lowest BCUT2D eigenvalue weighted by molar-refractivity contribution is -0.383. The van der Waals surface area contributed by atoms with Crippen LogP contribution in [0.5, 0.6) is 5.75 Å². The van der Waals surface area contributed by atoms with Gasteiger partial charge in [0.2, 0.25) is 11.6 Å². The van der Waals surface area contributed by atoms with E-state index in [-0.39, 0.29) is 17.3 Å². The molecule has 132 valence electrons. The Morgan fingerprint density at radius 3 is 2.58 bits per heavy atom. The third kappa shape index (κ3) is 3.66. The van der Waals surface area contributed by atoms with E-state index in [4.69, 9.17) is 4.74 Å². The molecule has 2 heterocycles. The first kappa shape index (κ1) is 17.1.